The first kappa shape index (κ1) is 12.5. The fourth-order valence-electron chi connectivity index (χ4n) is 1.83. The summed E-state index contributed by atoms with van der Waals surface area (Å²) in [5.41, 5.74) is 5.63. The van der Waals surface area contributed by atoms with Crippen molar-refractivity contribution in [3.8, 4) is 0 Å². The van der Waals surface area contributed by atoms with Gasteiger partial charge in [0.05, 0.1) is 6.04 Å². The molecule has 1 amide bonds. The predicted octanol–water partition coefficient (Wildman–Crippen LogP) is 0.182. The molecule has 1 rings (SSSR count). The van der Waals surface area contributed by atoms with Crippen LogP contribution >= 0.6 is 0 Å². The molecular weight excluding hydrogens is 190 g/mol. The first-order chi connectivity index (χ1) is 7.13. The van der Waals surface area contributed by atoms with Gasteiger partial charge in [0.1, 0.15) is 0 Å². The fourth-order valence-corrected chi connectivity index (χ4v) is 1.83. The van der Waals surface area contributed by atoms with E-state index in [4.69, 9.17) is 5.73 Å². The van der Waals surface area contributed by atoms with Crippen LogP contribution in [-0.4, -0.2) is 43.5 Å². The average Bonchev–Trinajstić information content (AvgIpc) is 2.26. The van der Waals surface area contributed by atoms with Crippen molar-refractivity contribution in [3.63, 3.8) is 0 Å². The highest BCUT2D eigenvalue weighted by Gasteiger charge is 2.18. The van der Waals surface area contributed by atoms with Crippen LogP contribution in [0.4, 0.5) is 0 Å². The van der Waals surface area contributed by atoms with Crippen LogP contribution in [0.1, 0.15) is 26.2 Å². The number of nitrogens with zero attached hydrogens (tertiary/aromatic N) is 1. The van der Waals surface area contributed by atoms with E-state index in [1.807, 2.05) is 6.92 Å². The van der Waals surface area contributed by atoms with Crippen LogP contribution in [0.5, 0.6) is 0 Å². The normalized spacial score (nSPS) is 21.3. The van der Waals surface area contributed by atoms with E-state index in [-0.39, 0.29) is 11.9 Å². The van der Waals surface area contributed by atoms with Gasteiger partial charge in [0.2, 0.25) is 5.91 Å². The lowest BCUT2D eigenvalue weighted by Crippen LogP contribution is -2.43. The first-order valence-electron chi connectivity index (χ1n) is 5.85. The summed E-state index contributed by atoms with van der Waals surface area (Å²) in [7, 11) is 2.14. The van der Waals surface area contributed by atoms with Crippen molar-refractivity contribution in [1.82, 2.24) is 10.2 Å². The number of carbonyl (C=O) groups is 1. The van der Waals surface area contributed by atoms with E-state index in [0.717, 1.165) is 19.6 Å². The Bertz CT molecular complexity index is 200. The minimum atomic E-state index is -0.337. The molecule has 0 aliphatic carbocycles. The summed E-state index contributed by atoms with van der Waals surface area (Å²) in [5, 5.41) is 2.94. The molecule has 1 heterocycles. The van der Waals surface area contributed by atoms with Gasteiger partial charge < -0.3 is 16.0 Å². The highest BCUT2D eigenvalue weighted by atomic mass is 16.2. The number of carbonyl (C=O) groups excluding carboxylic acids is 1. The maximum Gasteiger partial charge on any atom is 0.236 e. The number of piperidine rings is 1. The molecule has 0 radical (unpaired) electrons. The zero-order valence-electron chi connectivity index (χ0n) is 9.83. The number of nitrogens with one attached hydrogen (secondary N) is 1. The zero-order chi connectivity index (χ0) is 11.3. The molecule has 4 heteroatoms. The lowest BCUT2D eigenvalue weighted by Gasteiger charge is -2.29. The second-order valence-corrected chi connectivity index (χ2v) is 4.51. The number of amides is 1. The maximum atomic E-state index is 11.4. The van der Waals surface area contributed by atoms with Crippen LogP contribution < -0.4 is 11.1 Å². The topological polar surface area (TPSA) is 58.4 Å². The summed E-state index contributed by atoms with van der Waals surface area (Å²) >= 11 is 0. The standard InChI is InChI=1S/C11H23N3O/c1-3-10(12)11(15)13-8-9-4-6-14(2)7-5-9/h9-10H,3-8,12H2,1-2H3,(H,13,15)/t10-/m0/s1. The number of hydrogen-bond donors (Lipinski definition) is 2. The van der Waals surface area contributed by atoms with E-state index < -0.39 is 0 Å². The molecule has 0 spiro atoms. The van der Waals surface area contributed by atoms with Gasteiger partial charge in [0, 0.05) is 6.54 Å². The van der Waals surface area contributed by atoms with Gasteiger partial charge in [-0.25, -0.2) is 0 Å². The molecule has 1 atom stereocenters. The summed E-state index contributed by atoms with van der Waals surface area (Å²) in [6, 6.07) is -0.337. The minimum Gasteiger partial charge on any atom is -0.354 e. The van der Waals surface area contributed by atoms with E-state index in [9.17, 15) is 4.79 Å². The van der Waals surface area contributed by atoms with E-state index in [1.165, 1.54) is 12.8 Å². The molecule has 0 unspecified atom stereocenters. The lowest BCUT2D eigenvalue weighted by atomic mass is 9.97. The Morgan fingerprint density at radius 1 is 1.53 bits per heavy atom. The Labute approximate surface area is 92.2 Å². The lowest BCUT2D eigenvalue weighted by molar-refractivity contribution is -0.122. The summed E-state index contributed by atoms with van der Waals surface area (Å²) in [5.74, 6) is 0.630. The molecule has 0 aromatic heterocycles. The third-order valence-electron chi connectivity index (χ3n) is 3.18. The monoisotopic (exact) mass is 213 g/mol. The smallest absolute Gasteiger partial charge is 0.236 e. The van der Waals surface area contributed by atoms with E-state index in [0.29, 0.717) is 12.3 Å². The number of likely N-dealkylation sites (tertiary alicyclic amines) is 1. The summed E-state index contributed by atoms with van der Waals surface area (Å²) in [4.78, 5) is 13.8. The van der Waals surface area contributed by atoms with E-state index >= 15 is 0 Å². The highest BCUT2D eigenvalue weighted by Crippen LogP contribution is 2.14. The molecule has 1 fully saturated rings. The summed E-state index contributed by atoms with van der Waals surface area (Å²) in [6.45, 7) is 5.00. The Morgan fingerprint density at radius 2 is 2.13 bits per heavy atom. The Balaban J connectivity index is 2.17. The Morgan fingerprint density at radius 3 is 2.67 bits per heavy atom. The molecular formula is C11H23N3O. The second kappa shape index (κ2) is 6.08. The zero-order valence-corrected chi connectivity index (χ0v) is 9.83. The van der Waals surface area contributed by atoms with Crippen molar-refractivity contribution in [2.24, 2.45) is 11.7 Å². The average molecular weight is 213 g/mol. The first-order valence-corrected chi connectivity index (χ1v) is 5.85. The molecule has 0 saturated carbocycles. The van der Waals surface area contributed by atoms with Crippen molar-refractivity contribution >= 4 is 5.91 Å². The molecule has 0 aromatic rings. The third-order valence-corrected chi connectivity index (χ3v) is 3.18. The van der Waals surface area contributed by atoms with Crippen LogP contribution in [0.25, 0.3) is 0 Å². The highest BCUT2D eigenvalue weighted by molar-refractivity contribution is 5.81. The van der Waals surface area contributed by atoms with Crippen molar-refractivity contribution < 1.29 is 4.79 Å². The van der Waals surface area contributed by atoms with Gasteiger partial charge in [-0.3, -0.25) is 4.79 Å². The van der Waals surface area contributed by atoms with Crippen LogP contribution in [0.15, 0.2) is 0 Å². The van der Waals surface area contributed by atoms with Crippen LogP contribution in [0, 0.1) is 5.92 Å². The van der Waals surface area contributed by atoms with Gasteiger partial charge in [-0.05, 0) is 45.3 Å². The largest absolute Gasteiger partial charge is 0.354 e. The second-order valence-electron chi connectivity index (χ2n) is 4.51. The number of nitrogens with two attached hydrogens (primary N) is 1. The minimum absolute atomic E-state index is 0.00331. The maximum absolute atomic E-state index is 11.4. The van der Waals surface area contributed by atoms with Gasteiger partial charge in [0.15, 0.2) is 0 Å². The van der Waals surface area contributed by atoms with Crippen molar-refractivity contribution in [2.75, 3.05) is 26.7 Å². The van der Waals surface area contributed by atoms with Crippen LogP contribution in [0.3, 0.4) is 0 Å². The summed E-state index contributed by atoms with van der Waals surface area (Å²) in [6.07, 6.45) is 3.07. The Hall–Kier alpha value is -0.610. The molecule has 4 nitrogen and oxygen atoms in total. The van der Waals surface area contributed by atoms with E-state index in [1.54, 1.807) is 0 Å². The molecule has 1 aliphatic heterocycles. The number of rotatable bonds is 4. The van der Waals surface area contributed by atoms with Crippen molar-refractivity contribution in [3.05, 3.63) is 0 Å². The molecule has 88 valence electrons. The van der Waals surface area contributed by atoms with Gasteiger partial charge in [-0.1, -0.05) is 6.92 Å². The SMILES string of the molecule is CC[C@H](N)C(=O)NCC1CCN(C)CC1. The van der Waals surface area contributed by atoms with Crippen LogP contribution in [0.2, 0.25) is 0 Å². The molecule has 0 bridgehead atoms. The quantitative estimate of drug-likeness (QED) is 0.700. The molecule has 15 heavy (non-hydrogen) atoms. The van der Waals surface area contributed by atoms with Crippen LogP contribution in [-0.2, 0) is 4.79 Å². The molecule has 3 N–H and O–H groups in total. The Kier molecular flexibility index (Phi) is 5.05. The van der Waals surface area contributed by atoms with Crippen molar-refractivity contribution in [2.45, 2.75) is 32.2 Å². The van der Waals surface area contributed by atoms with Gasteiger partial charge in [-0.15, -0.1) is 0 Å². The molecule has 0 aromatic carbocycles. The van der Waals surface area contributed by atoms with Crippen molar-refractivity contribution in [1.29, 1.82) is 0 Å². The number of hydrogen-bond acceptors (Lipinski definition) is 3. The fraction of sp³-hybridized carbons (Fsp3) is 0.909. The molecule has 1 aliphatic rings. The third kappa shape index (κ3) is 4.18. The van der Waals surface area contributed by atoms with Gasteiger partial charge in [-0.2, -0.15) is 0 Å². The van der Waals surface area contributed by atoms with E-state index in [2.05, 4.69) is 17.3 Å². The van der Waals surface area contributed by atoms with Gasteiger partial charge >= 0.3 is 0 Å². The molecule has 1 saturated heterocycles. The predicted molar refractivity (Wildman–Crippen MR) is 61.5 cm³/mol. The summed E-state index contributed by atoms with van der Waals surface area (Å²) < 4.78 is 0. The van der Waals surface area contributed by atoms with Gasteiger partial charge in [0.25, 0.3) is 0 Å².